The van der Waals surface area contributed by atoms with Gasteiger partial charge in [0.05, 0.1) is 0 Å². The highest BCUT2D eigenvalue weighted by molar-refractivity contribution is 5.29. The van der Waals surface area contributed by atoms with Crippen LogP contribution in [0.2, 0.25) is 0 Å². The second kappa shape index (κ2) is 6.48. The van der Waals surface area contributed by atoms with Crippen molar-refractivity contribution >= 4 is 0 Å². The lowest BCUT2D eigenvalue weighted by Crippen LogP contribution is -2.24. The molecule has 1 unspecified atom stereocenters. The average molecular weight is 257 g/mol. The Morgan fingerprint density at radius 1 is 1.05 bits per heavy atom. The largest absolute Gasteiger partial charge is 0.310 e. The molecule has 0 fully saturated rings. The Morgan fingerprint density at radius 3 is 2.42 bits per heavy atom. The van der Waals surface area contributed by atoms with Crippen molar-refractivity contribution in [2.75, 3.05) is 6.54 Å². The predicted octanol–water partition coefficient (Wildman–Crippen LogP) is 4.03. The van der Waals surface area contributed by atoms with E-state index in [9.17, 15) is 4.39 Å². The molecule has 1 N–H and O–H groups in total. The van der Waals surface area contributed by atoms with Gasteiger partial charge in [0.2, 0.25) is 0 Å². The van der Waals surface area contributed by atoms with Crippen molar-refractivity contribution in [2.24, 2.45) is 0 Å². The molecule has 0 heterocycles. The first-order valence-corrected chi connectivity index (χ1v) is 6.74. The Hall–Kier alpha value is -1.67. The molecule has 1 nitrogen and oxygen atoms in total. The van der Waals surface area contributed by atoms with E-state index < -0.39 is 0 Å². The third-order valence-electron chi connectivity index (χ3n) is 3.42. The van der Waals surface area contributed by atoms with E-state index in [0.717, 1.165) is 18.5 Å². The molecule has 0 radical (unpaired) electrons. The average Bonchev–Trinajstić information content (AvgIpc) is 2.41. The minimum atomic E-state index is -0.137. The van der Waals surface area contributed by atoms with Crippen molar-refractivity contribution < 1.29 is 4.39 Å². The molecule has 1 atom stereocenters. The Balaban J connectivity index is 2.27. The summed E-state index contributed by atoms with van der Waals surface area (Å²) in [5.41, 5.74) is 3.26. The van der Waals surface area contributed by atoms with Crippen LogP contribution in [-0.4, -0.2) is 6.54 Å². The van der Waals surface area contributed by atoms with Gasteiger partial charge in [-0.1, -0.05) is 49.4 Å². The third kappa shape index (κ3) is 3.42. The summed E-state index contributed by atoms with van der Waals surface area (Å²) in [6, 6.07) is 15.3. The molecule has 100 valence electrons. The lowest BCUT2D eigenvalue weighted by Gasteiger charge is -2.20. The highest BCUT2D eigenvalue weighted by Crippen LogP contribution is 2.22. The summed E-state index contributed by atoms with van der Waals surface area (Å²) in [6.07, 6.45) is 0.807. The number of rotatable bonds is 5. The summed E-state index contributed by atoms with van der Waals surface area (Å²) in [7, 11) is 0. The van der Waals surface area contributed by atoms with Gasteiger partial charge < -0.3 is 5.32 Å². The zero-order valence-corrected chi connectivity index (χ0v) is 11.5. The highest BCUT2D eigenvalue weighted by Gasteiger charge is 2.15. The normalized spacial score (nSPS) is 12.4. The maximum absolute atomic E-state index is 13.9. The van der Waals surface area contributed by atoms with Gasteiger partial charge in [0.25, 0.3) is 0 Å². The SMILES string of the molecule is CCNC(Cc1ccccc1C)c1ccccc1F. The smallest absolute Gasteiger partial charge is 0.127 e. The Kier molecular flexibility index (Phi) is 4.69. The Labute approximate surface area is 114 Å². The first-order chi connectivity index (χ1) is 9.22. The van der Waals surface area contributed by atoms with Crippen LogP contribution in [0.4, 0.5) is 4.39 Å². The van der Waals surface area contributed by atoms with E-state index in [1.54, 1.807) is 6.07 Å². The highest BCUT2D eigenvalue weighted by atomic mass is 19.1. The second-order valence-electron chi connectivity index (χ2n) is 4.76. The molecule has 0 aliphatic carbocycles. The van der Waals surface area contributed by atoms with Crippen LogP contribution >= 0.6 is 0 Å². The quantitative estimate of drug-likeness (QED) is 0.852. The topological polar surface area (TPSA) is 12.0 Å². The van der Waals surface area contributed by atoms with Gasteiger partial charge >= 0.3 is 0 Å². The molecule has 2 rings (SSSR count). The van der Waals surface area contributed by atoms with Crippen LogP contribution in [0.5, 0.6) is 0 Å². The van der Waals surface area contributed by atoms with E-state index >= 15 is 0 Å². The molecule has 0 aromatic heterocycles. The number of aryl methyl sites for hydroxylation is 1. The van der Waals surface area contributed by atoms with Crippen molar-refractivity contribution in [2.45, 2.75) is 26.3 Å². The zero-order chi connectivity index (χ0) is 13.7. The van der Waals surface area contributed by atoms with E-state index in [-0.39, 0.29) is 11.9 Å². The summed E-state index contributed by atoms with van der Waals surface area (Å²) in [5, 5.41) is 3.38. The molecular weight excluding hydrogens is 237 g/mol. The lowest BCUT2D eigenvalue weighted by atomic mass is 9.96. The van der Waals surface area contributed by atoms with Crippen LogP contribution in [0.25, 0.3) is 0 Å². The summed E-state index contributed by atoms with van der Waals surface area (Å²) >= 11 is 0. The van der Waals surface area contributed by atoms with E-state index in [2.05, 4.69) is 24.4 Å². The van der Waals surface area contributed by atoms with Crippen LogP contribution in [-0.2, 0) is 6.42 Å². The molecule has 19 heavy (non-hydrogen) atoms. The fourth-order valence-corrected chi connectivity index (χ4v) is 2.36. The van der Waals surface area contributed by atoms with Crippen LogP contribution in [0.3, 0.4) is 0 Å². The third-order valence-corrected chi connectivity index (χ3v) is 3.42. The summed E-state index contributed by atoms with van der Waals surface area (Å²) < 4.78 is 13.9. The van der Waals surface area contributed by atoms with Crippen LogP contribution in [0, 0.1) is 12.7 Å². The van der Waals surface area contributed by atoms with Crippen LogP contribution in [0.15, 0.2) is 48.5 Å². The lowest BCUT2D eigenvalue weighted by molar-refractivity contribution is 0.509. The molecule has 0 amide bonds. The molecular formula is C17H20FN. The van der Waals surface area contributed by atoms with Gasteiger partial charge in [0, 0.05) is 11.6 Å². The van der Waals surface area contributed by atoms with Crippen molar-refractivity contribution in [1.29, 1.82) is 0 Å². The first-order valence-electron chi connectivity index (χ1n) is 6.74. The maximum Gasteiger partial charge on any atom is 0.127 e. The molecule has 0 aliphatic rings. The van der Waals surface area contributed by atoms with Gasteiger partial charge in [0.15, 0.2) is 0 Å². The molecule has 2 aromatic rings. The molecule has 0 saturated carbocycles. The van der Waals surface area contributed by atoms with Crippen molar-refractivity contribution in [1.82, 2.24) is 5.32 Å². The Bertz CT molecular complexity index is 536. The fourth-order valence-electron chi connectivity index (χ4n) is 2.36. The van der Waals surface area contributed by atoms with E-state index in [0.29, 0.717) is 0 Å². The molecule has 2 heteroatoms. The van der Waals surface area contributed by atoms with Gasteiger partial charge in [-0.05, 0) is 37.1 Å². The van der Waals surface area contributed by atoms with Crippen molar-refractivity contribution in [3.8, 4) is 0 Å². The second-order valence-corrected chi connectivity index (χ2v) is 4.76. The zero-order valence-electron chi connectivity index (χ0n) is 11.5. The number of nitrogens with one attached hydrogen (secondary N) is 1. The van der Waals surface area contributed by atoms with Gasteiger partial charge in [-0.25, -0.2) is 4.39 Å². The monoisotopic (exact) mass is 257 g/mol. The van der Waals surface area contributed by atoms with E-state index in [1.807, 2.05) is 31.2 Å². The predicted molar refractivity (Wildman–Crippen MR) is 77.7 cm³/mol. The van der Waals surface area contributed by atoms with E-state index in [1.165, 1.54) is 17.2 Å². The standard InChI is InChI=1S/C17H20FN/c1-3-19-17(15-10-6-7-11-16(15)18)12-14-9-5-4-8-13(14)2/h4-11,17,19H,3,12H2,1-2H3. The Morgan fingerprint density at radius 2 is 1.74 bits per heavy atom. The molecule has 2 aromatic carbocycles. The summed E-state index contributed by atoms with van der Waals surface area (Å²) in [4.78, 5) is 0. The van der Waals surface area contributed by atoms with Crippen LogP contribution in [0.1, 0.15) is 29.7 Å². The van der Waals surface area contributed by atoms with E-state index in [4.69, 9.17) is 0 Å². The maximum atomic E-state index is 13.9. The number of hydrogen-bond donors (Lipinski definition) is 1. The summed E-state index contributed by atoms with van der Waals surface area (Å²) in [6.45, 7) is 4.97. The fraction of sp³-hybridized carbons (Fsp3) is 0.294. The van der Waals surface area contributed by atoms with Gasteiger partial charge in [-0.3, -0.25) is 0 Å². The number of likely N-dealkylation sites (N-methyl/N-ethyl adjacent to an activating group) is 1. The van der Waals surface area contributed by atoms with Gasteiger partial charge in [-0.15, -0.1) is 0 Å². The van der Waals surface area contributed by atoms with Crippen LogP contribution < -0.4 is 5.32 Å². The minimum Gasteiger partial charge on any atom is -0.310 e. The van der Waals surface area contributed by atoms with Gasteiger partial charge in [0.1, 0.15) is 5.82 Å². The molecule has 0 bridgehead atoms. The van der Waals surface area contributed by atoms with Gasteiger partial charge in [-0.2, -0.15) is 0 Å². The number of hydrogen-bond acceptors (Lipinski definition) is 1. The van der Waals surface area contributed by atoms with Crippen molar-refractivity contribution in [3.05, 3.63) is 71.0 Å². The molecule has 0 spiro atoms. The number of benzene rings is 2. The first kappa shape index (κ1) is 13.8. The number of halogens is 1. The minimum absolute atomic E-state index is 0.0206. The van der Waals surface area contributed by atoms with Crippen molar-refractivity contribution in [3.63, 3.8) is 0 Å². The summed E-state index contributed by atoms with van der Waals surface area (Å²) in [5.74, 6) is -0.137. The molecule has 0 saturated heterocycles. The molecule has 0 aliphatic heterocycles.